The fourth-order valence-corrected chi connectivity index (χ4v) is 3.51. The Morgan fingerprint density at radius 2 is 1.74 bits per heavy atom. The number of benzene rings is 2. The summed E-state index contributed by atoms with van der Waals surface area (Å²) in [6.45, 7) is -0.880. The van der Waals surface area contributed by atoms with E-state index in [1.807, 2.05) is 0 Å². The summed E-state index contributed by atoms with van der Waals surface area (Å²) in [7, 11) is -3.46. The number of alkyl halides is 3. The van der Waals surface area contributed by atoms with E-state index in [0.29, 0.717) is 0 Å². The lowest BCUT2D eigenvalue weighted by atomic mass is 10.1. The van der Waals surface area contributed by atoms with Crippen LogP contribution in [0.5, 0.6) is 0 Å². The van der Waals surface area contributed by atoms with Crippen molar-refractivity contribution in [2.45, 2.75) is 16.8 Å². The monoisotopic (exact) mass is 418 g/mol. The third kappa shape index (κ3) is 3.67. The SMILES string of the molecule is CS(=O)(=O)c1ccc(N2CC(O)(C(F)(F)F)N=C2c2ccccc2Cl)cc1. The minimum Gasteiger partial charge on any atom is -0.361 e. The van der Waals surface area contributed by atoms with E-state index in [0.717, 1.165) is 11.2 Å². The van der Waals surface area contributed by atoms with Gasteiger partial charge in [0.2, 0.25) is 0 Å². The Kier molecular flexibility index (Phi) is 4.73. The van der Waals surface area contributed by atoms with E-state index >= 15 is 0 Å². The van der Waals surface area contributed by atoms with Gasteiger partial charge < -0.3 is 10.0 Å². The molecule has 1 aliphatic heterocycles. The van der Waals surface area contributed by atoms with Crippen molar-refractivity contribution in [3.63, 3.8) is 0 Å². The molecule has 144 valence electrons. The summed E-state index contributed by atoms with van der Waals surface area (Å²) in [5.74, 6) is -0.160. The minimum atomic E-state index is -5.00. The standard InChI is InChI=1S/C17H14ClF3N2O3S/c1-27(25,26)12-8-6-11(7-9-12)23-10-16(24,17(19,20)21)22-15(23)13-4-2-3-5-14(13)18/h2-9,24H,10H2,1H3. The van der Waals surface area contributed by atoms with Crippen LogP contribution >= 0.6 is 11.6 Å². The van der Waals surface area contributed by atoms with Crippen molar-refractivity contribution in [3.05, 3.63) is 59.1 Å². The van der Waals surface area contributed by atoms with Crippen molar-refractivity contribution in [1.29, 1.82) is 0 Å². The lowest BCUT2D eigenvalue weighted by molar-refractivity contribution is -0.249. The summed E-state index contributed by atoms with van der Waals surface area (Å²) in [5.41, 5.74) is -2.86. The van der Waals surface area contributed by atoms with Crippen molar-refractivity contribution in [3.8, 4) is 0 Å². The Balaban J connectivity index is 2.11. The average Bonchev–Trinajstić information content (AvgIpc) is 2.93. The van der Waals surface area contributed by atoms with Crippen molar-refractivity contribution in [2.75, 3.05) is 17.7 Å². The van der Waals surface area contributed by atoms with Crippen LogP contribution in [0.4, 0.5) is 18.9 Å². The number of hydrogen-bond acceptors (Lipinski definition) is 5. The number of nitrogens with zero attached hydrogens (tertiary/aromatic N) is 2. The molecule has 1 atom stereocenters. The first-order valence-electron chi connectivity index (χ1n) is 7.64. The zero-order chi connectivity index (χ0) is 20.0. The summed E-state index contributed by atoms with van der Waals surface area (Å²) in [6.07, 6.45) is -3.97. The average molecular weight is 419 g/mol. The fraction of sp³-hybridized carbons (Fsp3) is 0.235. The Hall–Kier alpha value is -2.10. The van der Waals surface area contributed by atoms with Gasteiger partial charge in [-0.1, -0.05) is 23.7 Å². The van der Waals surface area contributed by atoms with Gasteiger partial charge in [-0.15, -0.1) is 0 Å². The lowest BCUT2D eigenvalue weighted by Crippen LogP contribution is -2.47. The number of amidine groups is 1. The van der Waals surface area contributed by atoms with Gasteiger partial charge in [0.1, 0.15) is 5.84 Å². The maximum absolute atomic E-state index is 13.3. The molecule has 0 saturated carbocycles. The third-order valence-corrected chi connectivity index (χ3v) is 5.53. The molecule has 3 rings (SSSR count). The number of hydrogen-bond donors (Lipinski definition) is 1. The zero-order valence-corrected chi connectivity index (χ0v) is 15.5. The van der Waals surface area contributed by atoms with E-state index in [-0.39, 0.29) is 27.0 Å². The maximum Gasteiger partial charge on any atom is 0.440 e. The Morgan fingerprint density at radius 3 is 2.26 bits per heavy atom. The summed E-state index contributed by atoms with van der Waals surface area (Å²) in [5, 5.41) is 10.2. The largest absolute Gasteiger partial charge is 0.440 e. The van der Waals surface area contributed by atoms with Crippen LogP contribution in [0.15, 0.2) is 58.4 Å². The molecule has 27 heavy (non-hydrogen) atoms. The normalized spacial score (nSPS) is 20.7. The lowest BCUT2D eigenvalue weighted by Gasteiger charge is -2.26. The molecule has 1 aliphatic rings. The van der Waals surface area contributed by atoms with E-state index in [1.54, 1.807) is 12.1 Å². The molecule has 0 saturated heterocycles. The molecule has 0 spiro atoms. The minimum absolute atomic E-state index is 0.0211. The number of β-amino-alcohol motifs (C(OH)–C–C–N with tert-alkyl or cyclic N) is 1. The number of halogens is 4. The molecule has 0 amide bonds. The Morgan fingerprint density at radius 1 is 1.15 bits per heavy atom. The molecule has 2 aromatic rings. The topological polar surface area (TPSA) is 70.0 Å². The van der Waals surface area contributed by atoms with Gasteiger partial charge in [0.15, 0.2) is 9.84 Å². The van der Waals surface area contributed by atoms with Crippen LogP contribution in [0.3, 0.4) is 0 Å². The second kappa shape index (κ2) is 6.50. The number of aliphatic imine (C=N–C) groups is 1. The summed E-state index contributed by atoms with van der Waals surface area (Å²) >= 11 is 6.10. The maximum atomic E-state index is 13.3. The second-order valence-electron chi connectivity index (χ2n) is 6.08. The Labute approximate surface area is 158 Å². The molecule has 10 heteroatoms. The molecular weight excluding hydrogens is 405 g/mol. The number of rotatable bonds is 3. The van der Waals surface area contributed by atoms with Crippen LogP contribution in [-0.2, 0) is 9.84 Å². The van der Waals surface area contributed by atoms with Crippen LogP contribution in [-0.4, -0.2) is 44.1 Å². The molecule has 5 nitrogen and oxygen atoms in total. The highest BCUT2D eigenvalue weighted by Gasteiger charge is 2.59. The summed E-state index contributed by atoms with van der Waals surface area (Å²) in [6, 6.07) is 11.4. The quantitative estimate of drug-likeness (QED) is 0.830. The number of aliphatic hydroxyl groups is 1. The summed E-state index contributed by atoms with van der Waals surface area (Å²) in [4.78, 5) is 4.70. The predicted molar refractivity (Wildman–Crippen MR) is 95.9 cm³/mol. The van der Waals surface area contributed by atoms with Crippen LogP contribution in [0.2, 0.25) is 5.02 Å². The molecule has 0 aliphatic carbocycles. The molecule has 1 heterocycles. The van der Waals surface area contributed by atoms with Gasteiger partial charge in [0.25, 0.3) is 5.72 Å². The van der Waals surface area contributed by atoms with Crippen molar-refractivity contribution < 1.29 is 26.7 Å². The number of sulfone groups is 1. The highest BCUT2D eigenvalue weighted by atomic mass is 35.5. The fourth-order valence-electron chi connectivity index (χ4n) is 2.65. The van der Waals surface area contributed by atoms with Gasteiger partial charge in [-0.05, 0) is 36.4 Å². The smallest absolute Gasteiger partial charge is 0.361 e. The zero-order valence-electron chi connectivity index (χ0n) is 13.9. The highest BCUT2D eigenvalue weighted by Crippen LogP contribution is 2.39. The predicted octanol–water partition coefficient (Wildman–Crippen LogP) is 3.26. The van der Waals surface area contributed by atoms with E-state index in [4.69, 9.17) is 11.6 Å². The van der Waals surface area contributed by atoms with Gasteiger partial charge in [-0.2, -0.15) is 13.2 Å². The Bertz CT molecular complexity index is 1010. The van der Waals surface area contributed by atoms with Crippen molar-refractivity contribution in [1.82, 2.24) is 0 Å². The molecule has 0 fully saturated rings. The van der Waals surface area contributed by atoms with E-state index < -0.39 is 28.3 Å². The molecule has 0 aromatic heterocycles. The molecule has 1 N–H and O–H groups in total. The molecule has 0 radical (unpaired) electrons. The van der Waals surface area contributed by atoms with Crippen molar-refractivity contribution in [2.24, 2.45) is 4.99 Å². The van der Waals surface area contributed by atoms with Crippen LogP contribution in [0.1, 0.15) is 5.56 Å². The van der Waals surface area contributed by atoms with Crippen LogP contribution in [0, 0.1) is 0 Å². The summed E-state index contributed by atoms with van der Waals surface area (Å²) < 4.78 is 63.2. The van der Waals surface area contributed by atoms with Crippen molar-refractivity contribution >= 4 is 33.0 Å². The second-order valence-corrected chi connectivity index (χ2v) is 8.50. The van der Waals surface area contributed by atoms with Gasteiger partial charge in [0, 0.05) is 17.5 Å². The first kappa shape index (κ1) is 19.7. The molecular formula is C17H14ClF3N2O3S. The first-order valence-corrected chi connectivity index (χ1v) is 9.91. The van der Waals surface area contributed by atoms with E-state index in [9.17, 15) is 26.7 Å². The highest BCUT2D eigenvalue weighted by molar-refractivity contribution is 7.90. The van der Waals surface area contributed by atoms with Crippen LogP contribution < -0.4 is 4.90 Å². The van der Waals surface area contributed by atoms with Gasteiger partial charge in [0.05, 0.1) is 16.5 Å². The molecule has 2 aromatic carbocycles. The number of anilines is 1. The third-order valence-electron chi connectivity index (χ3n) is 4.07. The molecule has 0 bridgehead atoms. The van der Waals surface area contributed by atoms with Gasteiger partial charge >= 0.3 is 6.18 Å². The van der Waals surface area contributed by atoms with Crippen LogP contribution in [0.25, 0.3) is 0 Å². The van der Waals surface area contributed by atoms with E-state index in [2.05, 4.69) is 4.99 Å². The first-order chi connectivity index (χ1) is 12.4. The van der Waals surface area contributed by atoms with E-state index in [1.165, 1.54) is 36.4 Å². The van der Waals surface area contributed by atoms with Gasteiger partial charge in [-0.3, -0.25) is 0 Å². The molecule has 1 unspecified atom stereocenters. The van der Waals surface area contributed by atoms with Gasteiger partial charge in [-0.25, -0.2) is 13.4 Å².